The van der Waals surface area contributed by atoms with E-state index in [-0.39, 0.29) is 44.8 Å². The summed E-state index contributed by atoms with van der Waals surface area (Å²) in [5, 5.41) is 12.0. The molecule has 0 spiro atoms. The minimum Gasteiger partial charge on any atom is -0.366 e. The molecule has 0 saturated heterocycles. The zero-order chi connectivity index (χ0) is 42.4. The monoisotopic (exact) mass is 1160 g/mol. The molecule has 0 amide bonds. The van der Waals surface area contributed by atoms with Gasteiger partial charge in [-0.1, -0.05) is 160 Å². The van der Waals surface area contributed by atoms with Crippen molar-refractivity contribution in [2.75, 3.05) is 5.90 Å². The smallest absolute Gasteiger partial charge is 0.366 e. The maximum atomic E-state index is 7.25. The topological polar surface area (TPSA) is 0 Å². The molecule has 63 heavy (non-hydrogen) atoms. The molecule has 0 unspecified atom stereocenters. The van der Waals surface area contributed by atoms with Gasteiger partial charge in [0.05, 0.1) is 0 Å². The summed E-state index contributed by atoms with van der Waals surface area (Å²) >= 11 is 0. The molecule has 0 N–H and O–H groups in total. The summed E-state index contributed by atoms with van der Waals surface area (Å²) in [7, 11) is -4.71. The van der Waals surface area contributed by atoms with Crippen molar-refractivity contribution >= 4 is 74.0 Å². The van der Waals surface area contributed by atoms with Gasteiger partial charge in [-0.2, -0.15) is 0 Å². The zero-order valence-electron chi connectivity index (χ0n) is 35.9. The first kappa shape index (κ1) is 48.1. The van der Waals surface area contributed by atoms with Gasteiger partial charge in [0.1, 0.15) is 53.2 Å². The van der Waals surface area contributed by atoms with E-state index in [4.69, 9.17) is 12.8 Å². The predicted molar refractivity (Wildman–Crippen MR) is 276 cm³/mol. The molecule has 0 bridgehead atoms. The van der Waals surface area contributed by atoms with Crippen LogP contribution in [0, 0.1) is 24.7 Å². The minimum absolute atomic E-state index is 0. The van der Waals surface area contributed by atoms with E-state index in [1.807, 2.05) is 12.1 Å². The second-order valence-corrected chi connectivity index (χ2v) is 31.0. The van der Waals surface area contributed by atoms with Gasteiger partial charge in [0, 0.05) is 0 Å². The number of fused-ring (bicyclic) bond motifs is 6. The van der Waals surface area contributed by atoms with Crippen LogP contribution in [0.15, 0.2) is 206 Å². The second-order valence-electron chi connectivity index (χ2n) is 16.7. The first-order valence-corrected chi connectivity index (χ1v) is 30.4. The van der Waals surface area contributed by atoms with Gasteiger partial charge in [0.2, 0.25) is 0 Å². The van der Waals surface area contributed by atoms with Gasteiger partial charge in [0.15, 0.2) is 5.90 Å². The van der Waals surface area contributed by atoms with Crippen molar-refractivity contribution in [1.29, 1.82) is 0 Å². The van der Waals surface area contributed by atoms with Crippen molar-refractivity contribution < 1.29 is 44.8 Å². The van der Waals surface area contributed by atoms with Gasteiger partial charge in [-0.3, -0.25) is 11.8 Å². The van der Waals surface area contributed by atoms with E-state index in [0.717, 1.165) is 11.1 Å². The van der Waals surface area contributed by atoms with Crippen LogP contribution in [0.25, 0.3) is 22.3 Å². The van der Waals surface area contributed by atoms with Gasteiger partial charge >= 0.3 is 44.8 Å². The molecular formula is C57H50AgAuP2Si2+2. The van der Waals surface area contributed by atoms with Gasteiger partial charge in [-0.15, -0.1) is 35.4 Å². The fourth-order valence-electron chi connectivity index (χ4n) is 9.07. The molecule has 0 aliphatic carbocycles. The van der Waals surface area contributed by atoms with Crippen LogP contribution in [0.2, 0.25) is 26.2 Å². The maximum Gasteiger partial charge on any atom is 1.00 e. The Balaban J connectivity index is 0.000000161. The number of rotatable bonds is 6. The molecule has 2 heterocycles. The van der Waals surface area contributed by atoms with Crippen LogP contribution >= 0.6 is 15.8 Å². The maximum absolute atomic E-state index is 7.25. The fraction of sp³-hybridized carbons (Fsp3) is 0.0877. The Morgan fingerprint density at radius 1 is 0.365 bits per heavy atom. The van der Waals surface area contributed by atoms with Crippen molar-refractivity contribution in [2.24, 2.45) is 0 Å². The zero-order valence-corrected chi connectivity index (χ0v) is 43.6. The summed E-state index contributed by atoms with van der Waals surface area (Å²) in [4.78, 5) is 0. The molecule has 8 aromatic carbocycles. The van der Waals surface area contributed by atoms with Gasteiger partial charge in [-0.05, 0) is 91.5 Å². The Bertz CT molecular complexity index is 2590. The fourth-order valence-corrected chi connectivity index (χ4v) is 22.9. The van der Waals surface area contributed by atoms with Gasteiger partial charge in [-0.25, -0.2) is 0 Å². The summed E-state index contributed by atoms with van der Waals surface area (Å²) in [6.07, 6.45) is 14.5. The van der Waals surface area contributed by atoms with E-state index in [0.29, 0.717) is 0 Å². The molecule has 10 rings (SSSR count). The van der Waals surface area contributed by atoms with Crippen LogP contribution in [0.1, 0.15) is 11.1 Å². The van der Waals surface area contributed by atoms with E-state index in [1.54, 1.807) is 0 Å². The average molecular weight is 1160 g/mol. The standard InChI is InChI=1S/C25H22P2.2C16H13Si.Ag.Au/c1-5-13-22(14-6-1)26(23-15-7-2-8-16-23)21-27(24-17-9-3-10-18-24)25-19-11-4-12-20-25;2*1-4-12-9-10-16-14(11-12)13-7-5-6-8-15(13)17(16,2)3;;/h1-20H,21H2;2*5-11H,2-3H3;;/q;2*-1;2*+1/p+2. The molecule has 0 atom stereocenters. The van der Waals surface area contributed by atoms with Crippen molar-refractivity contribution in [3.8, 4) is 34.1 Å². The number of hydrogen-bond acceptors (Lipinski definition) is 0. The Morgan fingerprint density at radius 2 is 0.635 bits per heavy atom. The Hall–Kier alpha value is -4.35. The third kappa shape index (κ3) is 10.3. The third-order valence-electron chi connectivity index (χ3n) is 12.3. The van der Waals surface area contributed by atoms with E-state index < -0.39 is 32.0 Å². The average Bonchev–Trinajstić information content (AvgIpc) is 3.69. The van der Waals surface area contributed by atoms with Crippen molar-refractivity contribution in [3.05, 3.63) is 230 Å². The van der Waals surface area contributed by atoms with Crippen LogP contribution in [0.4, 0.5) is 0 Å². The van der Waals surface area contributed by atoms with Crippen molar-refractivity contribution in [1.82, 2.24) is 0 Å². The molecule has 6 heteroatoms. The molecule has 0 fully saturated rings. The van der Waals surface area contributed by atoms with E-state index in [9.17, 15) is 0 Å². The molecule has 2 aliphatic heterocycles. The first-order chi connectivity index (χ1) is 29.7. The molecule has 8 aromatic rings. The SMILES string of the molecule is [Ag+].[Au+].[C-]#Cc1ccc2c(c1)-c1ccccc1[Si]2(C)C.[C-]#Cc1ccc2c(c1)-c1ccccc1[Si]2(C)C.c1ccc([PH+](C[PH+](c2ccccc2)c2ccccc2)c2ccccc2)cc1. The Kier molecular flexibility index (Phi) is 16.5. The minimum atomic E-state index is -1.51. The molecular weight excluding hydrogens is 1110 g/mol. The summed E-state index contributed by atoms with van der Waals surface area (Å²) in [6, 6.07) is 74.4. The summed E-state index contributed by atoms with van der Waals surface area (Å²) < 4.78 is 0. The van der Waals surface area contributed by atoms with E-state index in [2.05, 4.69) is 232 Å². The first-order valence-electron chi connectivity index (χ1n) is 21.0. The quantitative estimate of drug-likeness (QED) is 0.0675. The van der Waals surface area contributed by atoms with Crippen LogP contribution in [-0.2, 0) is 44.8 Å². The largest absolute Gasteiger partial charge is 1.00 e. The normalized spacial score (nSPS) is 12.8. The number of benzene rings is 8. The predicted octanol–water partition coefficient (Wildman–Crippen LogP) is 9.52. The summed E-state index contributed by atoms with van der Waals surface area (Å²) in [5.74, 6) is 6.21. The Morgan fingerprint density at radius 3 is 0.937 bits per heavy atom. The van der Waals surface area contributed by atoms with Crippen molar-refractivity contribution in [3.63, 3.8) is 0 Å². The van der Waals surface area contributed by atoms with E-state index >= 15 is 0 Å². The van der Waals surface area contributed by atoms with Crippen molar-refractivity contribution in [2.45, 2.75) is 26.2 Å². The molecule has 0 saturated carbocycles. The summed E-state index contributed by atoms with van der Waals surface area (Å²) in [5.41, 5.74) is 7.08. The molecule has 316 valence electrons. The van der Waals surface area contributed by atoms with Crippen LogP contribution in [-0.4, -0.2) is 22.1 Å². The Labute approximate surface area is 411 Å². The second kappa shape index (κ2) is 21.6. The third-order valence-corrected chi connectivity index (χ3v) is 26.4. The summed E-state index contributed by atoms with van der Waals surface area (Å²) in [6.45, 7) is 9.58. The molecule has 0 nitrogen and oxygen atoms in total. The molecule has 2 aliphatic rings. The van der Waals surface area contributed by atoms with Crippen LogP contribution in [0.3, 0.4) is 0 Å². The molecule has 0 aromatic heterocycles. The van der Waals surface area contributed by atoms with Gasteiger partial charge < -0.3 is 12.8 Å². The van der Waals surface area contributed by atoms with Crippen LogP contribution < -0.4 is 42.0 Å². The molecule has 0 radical (unpaired) electrons. The van der Waals surface area contributed by atoms with Crippen LogP contribution in [0.5, 0.6) is 0 Å². The van der Waals surface area contributed by atoms with Gasteiger partial charge in [0.25, 0.3) is 0 Å². The van der Waals surface area contributed by atoms with E-state index in [1.165, 1.54) is 70.1 Å². The number of hydrogen-bond donors (Lipinski definition) is 0.